The van der Waals surface area contributed by atoms with Crippen LogP contribution in [0.4, 0.5) is 0 Å². The number of pyridine rings is 2. The van der Waals surface area contributed by atoms with E-state index in [9.17, 15) is 9.90 Å². The minimum absolute atomic E-state index is 0.0697. The van der Waals surface area contributed by atoms with Crippen LogP contribution < -0.4 is 5.32 Å². The van der Waals surface area contributed by atoms with Crippen molar-refractivity contribution in [2.24, 2.45) is 4.99 Å². The zero-order chi connectivity index (χ0) is 18.2. The van der Waals surface area contributed by atoms with Crippen LogP contribution >= 0.6 is 0 Å². The summed E-state index contributed by atoms with van der Waals surface area (Å²) in [6.45, 7) is 1.06. The predicted molar refractivity (Wildman–Crippen MR) is 100.0 cm³/mol. The first kappa shape index (κ1) is 17.5. The van der Waals surface area contributed by atoms with Crippen molar-refractivity contribution in [3.8, 4) is 0 Å². The van der Waals surface area contributed by atoms with Crippen LogP contribution in [0, 0.1) is 0 Å². The molecular formula is C20H20N4O2. The maximum absolute atomic E-state index is 12.0. The third-order valence-corrected chi connectivity index (χ3v) is 3.88. The van der Waals surface area contributed by atoms with Gasteiger partial charge in [-0.1, -0.05) is 12.1 Å². The molecule has 26 heavy (non-hydrogen) atoms. The molecule has 6 heteroatoms. The molecule has 0 atom stereocenters. The second kappa shape index (κ2) is 8.71. The van der Waals surface area contributed by atoms with Crippen LogP contribution in [0.5, 0.6) is 0 Å². The molecule has 0 fully saturated rings. The highest BCUT2D eigenvalue weighted by Gasteiger charge is 2.17. The third-order valence-electron chi connectivity index (χ3n) is 3.88. The van der Waals surface area contributed by atoms with Crippen molar-refractivity contribution in [1.29, 1.82) is 0 Å². The number of carbonyl (C=O) groups excluding carboxylic acids is 1. The Morgan fingerprint density at radius 2 is 1.65 bits per heavy atom. The van der Waals surface area contributed by atoms with Gasteiger partial charge in [0.2, 0.25) is 5.78 Å². The molecule has 0 saturated heterocycles. The van der Waals surface area contributed by atoms with E-state index in [4.69, 9.17) is 0 Å². The third kappa shape index (κ3) is 4.86. The number of aliphatic hydroxyl groups is 1. The number of aromatic nitrogens is 2. The monoisotopic (exact) mass is 348 g/mol. The predicted octanol–water partition coefficient (Wildman–Crippen LogP) is 2.20. The molecule has 0 aliphatic heterocycles. The second-order valence-corrected chi connectivity index (χ2v) is 5.79. The summed E-state index contributed by atoms with van der Waals surface area (Å²) in [5.41, 5.74) is 2.72. The lowest BCUT2D eigenvalue weighted by Crippen LogP contribution is -2.25. The molecular weight excluding hydrogens is 328 g/mol. The average molecular weight is 348 g/mol. The van der Waals surface area contributed by atoms with Gasteiger partial charge in [-0.3, -0.25) is 19.8 Å². The average Bonchev–Trinajstić information content (AvgIpc) is 2.66. The highest BCUT2D eigenvalue weighted by Crippen LogP contribution is 2.11. The van der Waals surface area contributed by atoms with Gasteiger partial charge in [0.05, 0.1) is 5.70 Å². The maximum atomic E-state index is 12.0. The number of carbonyl (C=O) groups is 1. The van der Waals surface area contributed by atoms with Crippen LogP contribution in [0.2, 0.25) is 0 Å². The van der Waals surface area contributed by atoms with Gasteiger partial charge in [-0.15, -0.1) is 0 Å². The first-order valence-electron chi connectivity index (χ1n) is 8.47. The molecule has 2 heterocycles. The van der Waals surface area contributed by atoms with Crippen molar-refractivity contribution in [1.82, 2.24) is 15.3 Å². The number of nitrogens with zero attached hydrogens (tertiary/aromatic N) is 3. The summed E-state index contributed by atoms with van der Waals surface area (Å²) in [4.78, 5) is 24.9. The van der Waals surface area contributed by atoms with E-state index >= 15 is 0 Å². The number of hydrogen-bond donors (Lipinski definition) is 2. The Balaban J connectivity index is 1.59. The Bertz CT molecular complexity index is 843. The van der Waals surface area contributed by atoms with Crippen LogP contribution in [-0.2, 0) is 17.6 Å². The lowest BCUT2D eigenvalue weighted by atomic mass is 10.1. The molecule has 1 aliphatic rings. The lowest BCUT2D eigenvalue weighted by Gasteiger charge is -2.14. The van der Waals surface area contributed by atoms with Gasteiger partial charge in [-0.2, -0.15) is 0 Å². The molecule has 0 aromatic carbocycles. The summed E-state index contributed by atoms with van der Waals surface area (Å²) >= 11 is 0. The quantitative estimate of drug-likeness (QED) is 0.749. The van der Waals surface area contributed by atoms with E-state index in [2.05, 4.69) is 20.3 Å². The van der Waals surface area contributed by atoms with Gasteiger partial charge in [-0.25, -0.2) is 0 Å². The van der Waals surface area contributed by atoms with Gasteiger partial charge in [0.1, 0.15) is 11.5 Å². The smallest absolute Gasteiger partial charge is 0.207 e. The van der Waals surface area contributed by atoms with Crippen molar-refractivity contribution in [3.05, 3.63) is 83.8 Å². The Morgan fingerprint density at radius 1 is 0.962 bits per heavy atom. The number of rotatable bonds is 7. The molecule has 1 aliphatic carbocycles. The number of ketones is 1. The fourth-order valence-electron chi connectivity index (χ4n) is 2.53. The summed E-state index contributed by atoms with van der Waals surface area (Å²) in [6, 6.07) is 11.5. The minimum atomic E-state index is -0.293. The zero-order valence-corrected chi connectivity index (χ0v) is 14.3. The Hall–Kier alpha value is -3.28. The molecule has 3 rings (SSSR count). The van der Waals surface area contributed by atoms with E-state index < -0.39 is 0 Å². The SMILES string of the molecule is O=C1C=C(O)C(NCCc2ccccn2)=CC1=NCCc1ccccn1. The Morgan fingerprint density at radius 3 is 2.31 bits per heavy atom. The normalized spacial score (nSPS) is 15.5. The van der Waals surface area contributed by atoms with Crippen molar-refractivity contribution in [2.45, 2.75) is 12.8 Å². The molecule has 6 nitrogen and oxygen atoms in total. The number of nitrogens with one attached hydrogen (secondary N) is 1. The van der Waals surface area contributed by atoms with Crippen molar-refractivity contribution in [3.63, 3.8) is 0 Å². The number of hydrogen-bond acceptors (Lipinski definition) is 6. The van der Waals surface area contributed by atoms with Gasteiger partial charge in [0.15, 0.2) is 0 Å². The van der Waals surface area contributed by atoms with Gasteiger partial charge in [-0.05, 0) is 30.3 Å². The summed E-state index contributed by atoms with van der Waals surface area (Å²) in [7, 11) is 0. The largest absolute Gasteiger partial charge is 0.506 e. The molecule has 132 valence electrons. The van der Waals surface area contributed by atoms with Crippen molar-refractivity contribution >= 4 is 11.5 Å². The minimum Gasteiger partial charge on any atom is -0.506 e. The van der Waals surface area contributed by atoms with E-state index in [1.807, 2.05) is 36.4 Å². The standard InChI is InChI=1S/C20H20N4O2/c25-19-14-20(26)18(24-12-8-16-6-2-4-10-22-16)13-17(19)23-11-7-15-5-1-3-9-21-15/h1-6,9-10,13-14,23,25H,7-8,11-12H2. The highest BCUT2D eigenvalue weighted by atomic mass is 16.3. The molecule has 0 amide bonds. The molecule has 0 spiro atoms. The van der Waals surface area contributed by atoms with Crippen LogP contribution in [0.3, 0.4) is 0 Å². The summed E-state index contributed by atoms with van der Waals surface area (Å²) in [5.74, 6) is -0.363. The van der Waals surface area contributed by atoms with Crippen LogP contribution in [0.25, 0.3) is 0 Å². The number of allylic oxidation sites excluding steroid dienone is 2. The first-order valence-corrected chi connectivity index (χ1v) is 8.47. The molecule has 0 saturated carbocycles. The summed E-state index contributed by atoms with van der Waals surface area (Å²) in [6.07, 6.45) is 7.64. The topological polar surface area (TPSA) is 87.5 Å². The van der Waals surface area contributed by atoms with E-state index in [0.717, 1.165) is 11.4 Å². The fourth-order valence-corrected chi connectivity index (χ4v) is 2.53. The van der Waals surface area contributed by atoms with Gasteiger partial charge < -0.3 is 10.4 Å². The van der Waals surface area contributed by atoms with E-state index in [0.29, 0.717) is 37.3 Å². The molecule has 0 radical (unpaired) electrons. The van der Waals surface area contributed by atoms with Gasteiger partial charge in [0, 0.05) is 55.8 Å². The second-order valence-electron chi connectivity index (χ2n) is 5.79. The lowest BCUT2D eigenvalue weighted by molar-refractivity contribution is -0.109. The summed E-state index contributed by atoms with van der Waals surface area (Å²) in [5, 5.41) is 13.1. The first-order chi connectivity index (χ1) is 12.7. The van der Waals surface area contributed by atoms with Crippen LogP contribution in [-0.4, -0.2) is 39.7 Å². The van der Waals surface area contributed by atoms with E-state index in [1.165, 1.54) is 6.08 Å². The zero-order valence-electron chi connectivity index (χ0n) is 14.3. The maximum Gasteiger partial charge on any atom is 0.207 e. The fraction of sp³-hybridized carbons (Fsp3) is 0.200. The van der Waals surface area contributed by atoms with E-state index in [1.54, 1.807) is 18.5 Å². The van der Waals surface area contributed by atoms with Crippen molar-refractivity contribution in [2.75, 3.05) is 13.1 Å². The Labute approximate surface area is 152 Å². The van der Waals surface area contributed by atoms with Crippen LogP contribution in [0.1, 0.15) is 11.4 Å². The molecule has 2 N–H and O–H groups in total. The van der Waals surface area contributed by atoms with Crippen LogP contribution in [0.15, 0.2) is 77.4 Å². The molecule has 0 unspecified atom stereocenters. The molecule has 2 aromatic rings. The molecule has 0 bridgehead atoms. The Kier molecular flexibility index (Phi) is 5.88. The van der Waals surface area contributed by atoms with E-state index in [-0.39, 0.29) is 11.5 Å². The van der Waals surface area contributed by atoms with Crippen molar-refractivity contribution < 1.29 is 9.90 Å². The summed E-state index contributed by atoms with van der Waals surface area (Å²) < 4.78 is 0. The molecule has 2 aromatic heterocycles. The number of aliphatic imine (C=N–C) groups is 1. The highest BCUT2D eigenvalue weighted by molar-refractivity contribution is 6.49. The van der Waals surface area contributed by atoms with Gasteiger partial charge >= 0.3 is 0 Å². The van der Waals surface area contributed by atoms with Gasteiger partial charge in [0.25, 0.3) is 0 Å². The number of aliphatic hydroxyl groups excluding tert-OH is 1.